The molecule has 6 nitrogen and oxygen atoms in total. The van der Waals surface area contributed by atoms with E-state index in [1.165, 1.54) is 12.1 Å². The average Bonchev–Trinajstić information content (AvgIpc) is 2.50. The number of carbonyl (C=O) groups excluding carboxylic acids is 1. The molecule has 0 unspecified atom stereocenters. The number of morpholine rings is 1. The summed E-state index contributed by atoms with van der Waals surface area (Å²) in [4.78, 5) is 14.2. The number of ether oxygens (including phenoxy) is 2. The zero-order valence-electron chi connectivity index (χ0n) is 14.5. The summed E-state index contributed by atoms with van der Waals surface area (Å²) >= 11 is 0. The van der Waals surface area contributed by atoms with Crippen LogP contribution in [-0.4, -0.2) is 55.9 Å². The molecular weight excluding hydrogens is 313 g/mol. The smallest absolute Gasteiger partial charge is 0.319 e. The van der Waals surface area contributed by atoms with Crippen molar-refractivity contribution >= 4 is 11.7 Å². The number of rotatable bonds is 6. The summed E-state index contributed by atoms with van der Waals surface area (Å²) < 4.78 is 24.7. The zero-order valence-corrected chi connectivity index (χ0v) is 14.5. The largest absolute Gasteiger partial charge is 0.491 e. The Bertz CT molecular complexity index is 548. The number of benzene rings is 1. The molecule has 1 aliphatic rings. The maximum Gasteiger partial charge on any atom is 0.319 e. The van der Waals surface area contributed by atoms with Gasteiger partial charge in [0, 0.05) is 31.7 Å². The predicted octanol–water partition coefficient (Wildman–Crippen LogP) is 2.46. The second-order valence-corrected chi connectivity index (χ2v) is 6.22. The lowest BCUT2D eigenvalue weighted by Gasteiger charge is -2.29. The van der Waals surface area contributed by atoms with Crippen molar-refractivity contribution in [3.8, 4) is 5.75 Å². The summed E-state index contributed by atoms with van der Waals surface area (Å²) in [5.74, 6) is -0.0849. The molecule has 7 heteroatoms. The standard InChI is InChI=1S/C17H26FN3O3/c1-12(2)24-14-4-5-16(15(18)10-14)20-17(22)19-13(3)11-21-6-8-23-9-7-21/h4-5,10,12-13H,6-9,11H2,1-3H3,(H2,19,20,22)/t13-/m0/s1. The SMILES string of the molecule is CC(C)Oc1ccc(NC(=O)N[C@@H](C)CN2CCOCC2)c(F)c1. The van der Waals surface area contributed by atoms with E-state index in [1.54, 1.807) is 6.07 Å². The molecule has 0 spiro atoms. The van der Waals surface area contributed by atoms with Crippen molar-refractivity contribution < 1.29 is 18.7 Å². The van der Waals surface area contributed by atoms with Crippen molar-refractivity contribution in [2.24, 2.45) is 0 Å². The number of hydrogen-bond donors (Lipinski definition) is 2. The maximum absolute atomic E-state index is 14.0. The van der Waals surface area contributed by atoms with E-state index in [0.29, 0.717) is 5.75 Å². The number of nitrogens with zero attached hydrogens (tertiary/aromatic N) is 1. The molecule has 1 aromatic rings. The van der Waals surface area contributed by atoms with Gasteiger partial charge in [-0.25, -0.2) is 9.18 Å². The minimum absolute atomic E-state index is 0.0347. The van der Waals surface area contributed by atoms with E-state index in [9.17, 15) is 9.18 Å². The Kier molecular flexibility index (Phi) is 6.81. The van der Waals surface area contributed by atoms with Crippen LogP contribution in [0, 0.1) is 5.82 Å². The van der Waals surface area contributed by atoms with Gasteiger partial charge in [0.1, 0.15) is 11.6 Å². The van der Waals surface area contributed by atoms with Crippen LogP contribution in [0.5, 0.6) is 5.75 Å². The van der Waals surface area contributed by atoms with E-state index in [1.807, 2.05) is 20.8 Å². The Balaban J connectivity index is 1.82. The molecular formula is C17H26FN3O3. The molecule has 1 heterocycles. The first-order valence-corrected chi connectivity index (χ1v) is 8.28. The molecule has 0 radical (unpaired) electrons. The molecule has 2 amide bonds. The summed E-state index contributed by atoms with van der Waals surface area (Å²) in [6, 6.07) is 3.93. The average molecular weight is 339 g/mol. The van der Waals surface area contributed by atoms with E-state index in [0.717, 1.165) is 32.8 Å². The normalized spacial score (nSPS) is 16.7. The summed E-state index contributed by atoms with van der Waals surface area (Å²) in [6.07, 6.45) is -0.0347. The van der Waals surface area contributed by atoms with Gasteiger partial charge in [-0.05, 0) is 32.9 Å². The van der Waals surface area contributed by atoms with Gasteiger partial charge >= 0.3 is 6.03 Å². The summed E-state index contributed by atoms with van der Waals surface area (Å²) in [5.41, 5.74) is 0.127. The van der Waals surface area contributed by atoms with Gasteiger partial charge in [-0.15, -0.1) is 0 Å². The lowest BCUT2D eigenvalue weighted by molar-refractivity contribution is 0.0350. The summed E-state index contributed by atoms with van der Waals surface area (Å²) in [6.45, 7) is 9.55. The fraction of sp³-hybridized carbons (Fsp3) is 0.588. The zero-order chi connectivity index (χ0) is 17.5. The van der Waals surface area contributed by atoms with Gasteiger partial charge < -0.3 is 20.1 Å². The van der Waals surface area contributed by atoms with Crippen molar-refractivity contribution in [2.75, 3.05) is 38.2 Å². The highest BCUT2D eigenvalue weighted by molar-refractivity contribution is 5.89. The third-order valence-electron chi connectivity index (χ3n) is 3.57. The molecule has 1 aromatic carbocycles. The molecule has 1 aliphatic heterocycles. The maximum atomic E-state index is 14.0. The topological polar surface area (TPSA) is 62.8 Å². The number of urea groups is 1. The molecule has 2 N–H and O–H groups in total. The molecule has 0 saturated carbocycles. The van der Waals surface area contributed by atoms with E-state index in [2.05, 4.69) is 15.5 Å². The van der Waals surface area contributed by atoms with Crippen molar-refractivity contribution in [3.63, 3.8) is 0 Å². The lowest BCUT2D eigenvalue weighted by atomic mass is 10.2. The molecule has 0 bridgehead atoms. The highest BCUT2D eigenvalue weighted by atomic mass is 19.1. The minimum atomic E-state index is -0.524. The number of carbonyl (C=O) groups is 1. The molecule has 1 atom stereocenters. The molecule has 2 rings (SSSR count). The van der Waals surface area contributed by atoms with Gasteiger partial charge in [0.25, 0.3) is 0 Å². The number of halogens is 1. The first-order chi connectivity index (χ1) is 11.4. The lowest BCUT2D eigenvalue weighted by Crippen LogP contribution is -2.47. The monoisotopic (exact) mass is 339 g/mol. The van der Waals surface area contributed by atoms with Gasteiger partial charge in [-0.1, -0.05) is 0 Å². The second-order valence-electron chi connectivity index (χ2n) is 6.22. The van der Waals surface area contributed by atoms with E-state index < -0.39 is 11.8 Å². The Morgan fingerprint density at radius 3 is 2.67 bits per heavy atom. The van der Waals surface area contributed by atoms with Crippen LogP contribution in [0.2, 0.25) is 0 Å². The van der Waals surface area contributed by atoms with E-state index in [-0.39, 0.29) is 17.8 Å². The van der Waals surface area contributed by atoms with E-state index in [4.69, 9.17) is 9.47 Å². The Morgan fingerprint density at radius 1 is 1.33 bits per heavy atom. The summed E-state index contributed by atoms with van der Waals surface area (Å²) in [5, 5.41) is 5.35. The van der Waals surface area contributed by atoms with Gasteiger partial charge in [0.2, 0.25) is 0 Å². The van der Waals surface area contributed by atoms with Crippen LogP contribution < -0.4 is 15.4 Å². The van der Waals surface area contributed by atoms with Crippen LogP contribution in [-0.2, 0) is 4.74 Å². The molecule has 134 valence electrons. The number of hydrogen-bond acceptors (Lipinski definition) is 4. The third kappa shape index (κ3) is 5.98. The van der Waals surface area contributed by atoms with Crippen LogP contribution in [0.1, 0.15) is 20.8 Å². The number of nitrogens with one attached hydrogen (secondary N) is 2. The minimum Gasteiger partial charge on any atom is -0.491 e. The van der Waals surface area contributed by atoms with Gasteiger partial charge in [-0.3, -0.25) is 4.90 Å². The quantitative estimate of drug-likeness (QED) is 0.836. The number of amides is 2. The fourth-order valence-electron chi connectivity index (χ4n) is 2.54. The predicted molar refractivity (Wildman–Crippen MR) is 91.0 cm³/mol. The van der Waals surface area contributed by atoms with Gasteiger partial charge in [0.05, 0.1) is 25.0 Å². The fourth-order valence-corrected chi connectivity index (χ4v) is 2.54. The Labute approximate surface area is 142 Å². The first-order valence-electron chi connectivity index (χ1n) is 8.28. The van der Waals surface area contributed by atoms with Crippen molar-refractivity contribution in [2.45, 2.75) is 32.9 Å². The Morgan fingerprint density at radius 2 is 2.04 bits per heavy atom. The molecule has 1 fully saturated rings. The van der Waals surface area contributed by atoms with Crippen LogP contribution in [0.15, 0.2) is 18.2 Å². The molecule has 0 aromatic heterocycles. The van der Waals surface area contributed by atoms with Crippen molar-refractivity contribution in [1.29, 1.82) is 0 Å². The number of anilines is 1. The second kappa shape index (κ2) is 8.84. The highest BCUT2D eigenvalue weighted by Gasteiger charge is 2.16. The van der Waals surface area contributed by atoms with Crippen molar-refractivity contribution in [3.05, 3.63) is 24.0 Å². The van der Waals surface area contributed by atoms with E-state index >= 15 is 0 Å². The van der Waals surface area contributed by atoms with Crippen molar-refractivity contribution in [1.82, 2.24) is 10.2 Å². The Hall–Kier alpha value is -1.86. The molecule has 24 heavy (non-hydrogen) atoms. The van der Waals surface area contributed by atoms with Gasteiger partial charge in [-0.2, -0.15) is 0 Å². The van der Waals surface area contributed by atoms with Crippen LogP contribution in [0.4, 0.5) is 14.9 Å². The highest BCUT2D eigenvalue weighted by Crippen LogP contribution is 2.21. The molecule has 1 saturated heterocycles. The van der Waals surface area contributed by atoms with Crippen LogP contribution in [0.25, 0.3) is 0 Å². The first kappa shape index (κ1) is 18.5. The third-order valence-corrected chi connectivity index (χ3v) is 3.57. The van der Waals surface area contributed by atoms with Crippen LogP contribution >= 0.6 is 0 Å². The van der Waals surface area contributed by atoms with Crippen LogP contribution in [0.3, 0.4) is 0 Å². The summed E-state index contributed by atoms with van der Waals surface area (Å²) in [7, 11) is 0. The van der Waals surface area contributed by atoms with Gasteiger partial charge in [0.15, 0.2) is 0 Å². The molecule has 0 aliphatic carbocycles.